The van der Waals surface area contributed by atoms with Crippen LogP contribution < -0.4 is 0 Å². The van der Waals surface area contributed by atoms with Gasteiger partial charge in [0.05, 0.1) is 6.10 Å². The molecule has 0 radical (unpaired) electrons. The maximum absolute atomic E-state index is 13.1. The summed E-state index contributed by atoms with van der Waals surface area (Å²) in [7, 11) is 0. The van der Waals surface area contributed by atoms with Gasteiger partial charge in [0, 0.05) is 6.42 Å². The van der Waals surface area contributed by atoms with E-state index in [1.54, 1.807) is 0 Å². The fourth-order valence-corrected chi connectivity index (χ4v) is 1.37. The summed E-state index contributed by atoms with van der Waals surface area (Å²) in [5.41, 5.74) is 0. The Morgan fingerprint density at radius 2 is 1.67 bits per heavy atom. The normalized spacial score (nSPS) is 26.0. The van der Waals surface area contributed by atoms with Gasteiger partial charge in [0.2, 0.25) is 11.6 Å². The predicted octanol–water partition coefficient (Wildman–Crippen LogP) is 4.07. The van der Waals surface area contributed by atoms with Crippen LogP contribution in [0.1, 0.15) is 13.3 Å². The average Bonchev–Trinajstić information content (AvgIpc) is 2.30. The lowest BCUT2D eigenvalue weighted by atomic mass is 10.1. The van der Waals surface area contributed by atoms with Gasteiger partial charge in [-0.05, 0) is 6.92 Å². The quantitative estimate of drug-likeness (QED) is 0.556. The van der Waals surface area contributed by atoms with Crippen molar-refractivity contribution in [2.24, 2.45) is 0 Å². The molecule has 0 aliphatic heterocycles. The minimum atomic E-state index is -5.85. The molecule has 1 aliphatic rings. The zero-order valence-corrected chi connectivity index (χ0v) is 9.12. The summed E-state index contributed by atoms with van der Waals surface area (Å²) in [6.07, 6.45) is -0.0879. The van der Waals surface area contributed by atoms with Crippen LogP contribution in [-0.4, -0.2) is 23.9 Å². The van der Waals surface area contributed by atoms with Crippen molar-refractivity contribution in [3.8, 4) is 0 Å². The standard InChI is InChI=1S/C10H9F7O/c1-3-4-5(2)18-7-6(11)8(12,13)10(16,17)9(7,14)15/h3,5H,1,4H2,2H3. The molecule has 0 bridgehead atoms. The van der Waals surface area contributed by atoms with E-state index in [9.17, 15) is 30.7 Å². The number of hydrogen-bond donors (Lipinski definition) is 0. The molecule has 1 unspecified atom stereocenters. The monoisotopic (exact) mass is 278 g/mol. The minimum absolute atomic E-state index is 0.0933. The van der Waals surface area contributed by atoms with Crippen LogP contribution in [0.5, 0.6) is 0 Å². The van der Waals surface area contributed by atoms with E-state index >= 15 is 0 Å². The molecule has 0 aromatic heterocycles. The van der Waals surface area contributed by atoms with Crippen LogP contribution in [0.15, 0.2) is 24.2 Å². The fraction of sp³-hybridized carbons (Fsp3) is 0.600. The summed E-state index contributed by atoms with van der Waals surface area (Å²) in [5.74, 6) is -22.1. The summed E-state index contributed by atoms with van der Waals surface area (Å²) in [4.78, 5) is 0. The van der Waals surface area contributed by atoms with E-state index in [1.807, 2.05) is 0 Å². The first-order chi connectivity index (χ1) is 8.00. The summed E-state index contributed by atoms with van der Waals surface area (Å²) in [5, 5.41) is 0. The van der Waals surface area contributed by atoms with Crippen molar-refractivity contribution in [1.82, 2.24) is 0 Å². The van der Waals surface area contributed by atoms with Crippen LogP contribution >= 0.6 is 0 Å². The molecule has 0 heterocycles. The molecule has 0 N–H and O–H groups in total. The van der Waals surface area contributed by atoms with Crippen LogP contribution in [0.4, 0.5) is 30.7 Å². The molecule has 0 spiro atoms. The summed E-state index contributed by atoms with van der Waals surface area (Å²) < 4.78 is 94.2. The lowest BCUT2D eigenvalue weighted by Crippen LogP contribution is -2.49. The van der Waals surface area contributed by atoms with E-state index in [2.05, 4.69) is 11.3 Å². The third-order valence-corrected chi connectivity index (χ3v) is 2.37. The lowest BCUT2D eigenvalue weighted by molar-refractivity contribution is -0.275. The number of alkyl halides is 6. The van der Waals surface area contributed by atoms with Gasteiger partial charge in [-0.15, -0.1) is 6.58 Å². The van der Waals surface area contributed by atoms with Crippen LogP contribution in [0, 0.1) is 0 Å². The largest absolute Gasteiger partial charge is 0.486 e. The van der Waals surface area contributed by atoms with Gasteiger partial charge in [0.15, 0.2) is 0 Å². The van der Waals surface area contributed by atoms with Crippen molar-refractivity contribution in [2.75, 3.05) is 0 Å². The Morgan fingerprint density at radius 1 is 1.17 bits per heavy atom. The second-order valence-corrected chi connectivity index (χ2v) is 3.82. The third kappa shape index (κ3) is 1.78. The predicted molar refractivity (Wildman–Crippen MR) is 48.3 cm³/mol. The Labute approximate surface area is 97.9 Å². The Hall–Kier alpha value is -1.21. The first-order valence-corrected chi connectivity index (χ1v) is 4.81. The van der Waals surface area contributed by atoms with Gasteiger partial charge in [-0.1, -0.05) is 6.08 Å². The number of allylic oxidation sites excluding steroid dienone is 2. The van der Waals surface area contributed by atoms with E-state index in [4.69, 9.17) is 0 Å². The highest BCUT2D eigenvalue weighted by Gasteiger charge is 2.82. The SMILES string of the molecule is C=CCC(C)OC1=C(F)C(F)(F)C(F)(F)C1(F)F. The molecule has 1 rings (SSSR count). The average molecular weight is 278 g/mol. The summed E-state index contributed by atoms with van der Waals surface area (Å²) in [6.45, 7) is 4.35. The third-order valence-electron chi connectivity index (χ3n) is 2.37. The molecule has 1 atom stereocenters. The summed E-state index contributed by atoms with van der Waals surface area (Å²) >= 11 is 0. The molecule has 8 heteroatoms. The Balaban J connectivity index is 3.17. The zero-order chi connectivity index (χ0) is 14.4. The van der Waals surface area contributed by atoms with Gasteiger partial charge in [-0.2, -0.15) is 26.3 Å². The molecule has 0 aromatic rings. The molecule has 1 aliphatic carbocycles. The molecule has 18 heavy (non-hydrogen) atoms. The van der Waals surface area contributed by atoms with E-state index in [0.717, 1.165) is 6.92 Å². The Morgan fingerprint density at radius 3 is 2.00 bits per heavy atom. The van der Waals surface area contributed by atoms with Gasteiger partial charge >= 0.3 is 17.8 Å². The maximum atomic E-state index is 13.1. The van der Waals surface area contributed by atoms with Crippen molar-refractivity contribution in [1.29, 1.82) is 0 Å². The Bertz CT molecular complexity index is 386. The smallest absolute Gasteiger partial charge is 0.386 e. The highest BCUT2D eigenvalue weighted by molar-refractivity contribution is 5.33. The van der Waals surface area contributed by atoms with Gasteiger partial charge in [0.1, 0.15) is 0 Å². The summed E-state index contributed by atoms with van der Waals surface area (Å²) in [6, 6.07) is 0. The molecule has 104 valence electrons. The lowest BCUT2D eigenvalue weighted by Gasteiger charge is -2.25. The number of ether oxygens (including phenoxy) is 1. The molecule has 0 aromatic carbocycles. The molecular weight excluding hydrogens is 269 g/mol. The van der Waals surface area contributed by atoms with Crippen molar-refractivity contribution < 1.29 is 35.5 Å². The second-order valence-electron chi connectivity index (χ2n) is 3.82. The van der Waals surface area contributed by atoms with E-state index in [-0.39, 0.29) is 6.42 Å². The second kappa shape index (κ2) is 4.17. The van der Waals surface area contributed by atoms with Gasteiger partial charge in [0.25, 0.3) is 0 Å². The van der Waals surface area contributed by atoms with Crippen LogP contribution in [0.2, 0.25) is 0 Å². The number of halogens is 7. The van der Waals surface area contributed by atoms with Gasteiger partial charge in [-0.3, -0.25) is 0 Å². The van der Waals surface area contributed by atoms with E-state index in [0.29, 0.717) is 0 Å². The molecule has 0 amide bonds. The number of rotatable bonds is 4. The molecule has 1 nitrogen and oxygen atoms in total. The van der Waals surface area contributed by atoms with E-state index in [1.165, 1.54) is 6.08 Å². The maximum Gasteiger partial charge on any atom is 0.386 e. The van der Waals surface area contributed by atoms with Crippen molar-refractivity contribution in [2.45, 2.75) is 37.2 Å². The van der Waals surface area contributed by atoms with Crippen molar-refractivity contribution >= 4 is 0 Å². The highest BCUT2D eigenvalue weighted by Crippen LogP contribution is 2.59. The van der Waals surface area contributed by atoms with Gasteiger partial charge < -0.3 is 4.74 Å². The first kappa shape index (κ1) is 14.8. The Kier molecular flexibility index (Phi) is 3.44. The molecule has 0 fully saturated rings. The highest BCUT2D eigenvalue weighted by atomic mass is 19.3. The van der Waals surface area contributed by atoms with Crippen LogP contribution in [0.25, 0.3) is 0 Å². The van der Waals surface area contributed by atoms with Crippen LogP contribution in [0.3, 0.4) is 0 Å². The van der Waals surface area contributed by atoms with Crippen molar-refractivity contribution in [3.63, 3.8) is 0 Å². The minimum Gasteiger partial charge on any atom is -0.486 e. The zero-order valence-electron chi connectivity index (χ0n) is 9.12. The molecule has 0 saturated heterocycles. The van der Waals surface area contributed by atoms with Gasteiger partial charge in [-0.25, -0.2) is 4.39 Å². The van der Waals surface area contributed by atoms with Crippen molar-refractivity contribution in [3.05, 3.63) is 24.2 Å². The van der Waals surface area contributed by atoms with E-state index < -0.39 is 35.5 Å². The first-order valence-electron chi connectivity index (χ1n) is 4.81. The fourth-order valence-electron chi connectivity index (χ4n) is 1.37. The molecule has 0 saturated carbocycles. The topological polar surface area (TPSA) is 9.23 Å². The van der Waals surface area contributed by atoms with Crippen LogP contribution in [-0.2, 0) is 4.74 Å². The number of hydrogen-bond acceptors (Lipinski definition) is 1. The molecular formula is C10H9F7O.